The van der Waals surface area contributed by atoms with Gasteiger partial charge in [0, 0.05) is 11.1 Å². The Hall–Kier alpha value is -2.54. The fourth-order valence-corrected chi connectivity index (χ4v) is 4.17. The van der Waals surface area contributed by atoms with Crippen molar-refractivity contribution in [3.05, 3.63) is 48.7 Å². The summed E-state index contributed by atoms with van der Waals surface area (Å²) in [6.45, 7) is 0. The average Bonchev–Trinajstić information content (AvgIpc) is 3.26. The summed E-state index contributed by atoms with van der Waals surface area (Å²) in [6, 6.07) is 11.8. The van der Waals surface area contributed by atoms with Crippen LogP contribution in [0.4, 0.5) is 5.69 Å². The van der Waals surface area contributed by atoms with Gasteiger partial charge in [0.15, 0.2) is 0 Å². The van der Waals surface area contributed by atoms with Crippen LogP contribution in [-0.4, -0.2) is 24.7 Å². The molecule has 0 atom stereocenters. The van der Waals surface area contributed by atoms with Crippen molar-refractivity contribution in [2.45, 2.75) is 36.7 Å². The first-order valence-electron chi connectivity index (χ1n) is 8.33. The van der Waals surface area contributed by atoms with Gasteiger partial charge in [-0.25, -0.2) is 8.42 Å². The molecule has 1 heterocycles. The zero-order chi connectivity index (χ0) is 17.3. The average molecular weight is 357 g/mol. The number of H-pyrrole nitrogens is 1. The number of nitrogens with zero attached hydrogens (tertiary/aromatic N) is 1. The lowest BCUT2D eigenvalue weighted by Crippen LogP contribution is -2.13. The van der Waals surface area contributed by atoms with Gasteiger partial charge in [0.05, 0.1) is 22.7 Å². The normalized spacial score (nSPS) is 15.5. The molecule has 1 aliphatic rings. The Morgan fingerprint density at radius 1 is 1.08 bits per heavy atom. The predicted molar refractivity (Wildman–Crippen MR) is 96.2 cm³/mol. The van der Waals surface area contributed by atoms with Crippen LogP contribution in [0.25, 0.3) is 10.9 Å². The molecule has 6 nitrogen and oxygen atoms in total. The summed E-state index contributed by atoms with van der Waals surface area (Å²) < 4.78 is 33.6. The molecular formula is C18H19N3O3S. The molecule has 1 saturated carbocycles. The summed E-state index contributed by atoms with van der Waals surface area (Å²) in [5.41, 5.74) is 1.36. The van der Waals surface area contributed by atoms with Crippen LogP contribution in [0.3, 0.4) is 0 Å². The van der Waals surface area contributed by atoms with Gasteiger partial charge in [-0.3, -0.25) is 9.82 Å². The van der Waals surface area contributed by atoms with Gasteiger partial charge in [-0.15, -0.1) is 0 Å². The Labute approximate surface area is 146 Å². The highest BCUT2D eigenvalue weighted by molar-refractivity contribution is 7.92. The summed E-state index contributed by atoms with van der Waals surface area (Å²) in [6.07, 6.45) is 6.44. The molecule has 3 aromatic rings. The lowest BCUT2D eigenvalue weighted by molar-refractivity contribution is 0.210. The largest absolute Gasteiger partial charge is 0.490 e. The van der Waals surface area contributed by atoms with E-state index in [9.17, 15) is 8.42 Å². The van der Waals surface area contributed by atoms with Crippen LogP contribution >= 0.6 is 0 Å². The SMILES string of the molecule is O=S(=O)(Nc1ccc2[nH]ncc2c1)c1ccc(OC2CCCC2)cc1. The van der Waals surface area contributed by atoms with Crippen LogP contribution in [0, 0.1) is 0 Å². The highest BCUT2D eigenvalue weighted by Gasteiger charge is 2.18. The minimum absolute atomic E-state index is 0.207. The van der Waals surface area contributed by atoms with Crippen molar-refractivity contribution in [2.75, 3.05) is 4.72 Å². The highest BCUT2D eigenvalue weighted by atomic mass is 32.2. The number of aromatic amines is 1. The number of hydrogen-bond acceptors (Lipinski definition) is 4. The van der Waals surface area contributed by atoms with Gasteiger partial charge in [-0.1, -0.05) is 0 Å². The maximum absolute atomic E-state index is 12.6. The van der Waals surface area contributed by atoms with Gasteiger partial charge >= 0.3 is 0 Å². The summed E-state index contributed by atoms with van der Waals surface area (Å²) in [5.74, 6) is 0.714. The van der Waals surface area contributed by atoms with Crippen molar-refractivity contribution in [1.82, 2.24) is 10.2 Å². The van der Waals surface area contributed by atoms with Crippen molar-refractivity contribution in [3.8, 4) is 5.75 Å². The van der Waals surface area contributed by atoms with Gasteiger partial charge in [-0.05, 0) is 68.1 Å². The van der Waals surface area contributed by atoms with Crippen LogP contribution in [-0.2, 0) is 10.0 Å². The number of sulfonamides is 1. The van der Waals surface area contributed by atoms with Crippen molar-refractivity contribution in [2.24, 2.45) is 0 Å². The molecule has 130 valence electrons. The van der Waals surface area contributed by atoms with Crippen molar-refractivity contribution >= 4 is 26.6 Å². The topological polar surface area (TPSA) is 84.1 Å². The van der Waals surface area contributed by atoms with Gasteiger partial charge in [0.25, 0.3) is 10.0 Å². The standard InChI is InChI=1S/C18H19N3O3S/c22-25(23,21-14-5-10-18-13(11-14)12-19-20-18)17-8-6-16(7-9-17)24-15-3-1-2-4-15/h5-12,15,21H,1-4H2,(H,19,20). The van der Waals surface area contributed by atoms with E-state index in [-0.39, 0.29) is 11.0 Å². The molecule has 0 aliphatic heterocycles. The molecule has 2 aromatic carbocycles. The van der Waals surface area contributed by atoms with Crippen LogP contribution in [0.2, 0.25) is 0 Å². The van der Waals surface area contributed by atoms with E-state index >= 15 is 0 Å². The fourth-order valence-electron chi connectivity index (χ4n) is 3.12. The van der Waals surface area contributed by atoms with E-state index in [0.29, 0.717) is 11.4 Å². The molecule has 2 N–H and O–H groups in total. The smallest absolute Gasteiger partial charge is 0.261 e. The number of nitrogens with one attached hydrogen (secondary N) is 2. The third-order valence-corrected chi connectivity index (χ3v) is 5.83. The molecule has 1 fully saturated rings. The Morgan fingerprint density at radius 3 is 2.60 bits per heavy atom. The first kappa shape index (κ1) is 16.0. The Morgan fingerprint density at radius 2 is 1.84 bits per heavy atom. The summed E-state index contributed by atoms with van der Waals surface area (Å²) in [7, 11) is -3.65. The van der Waals surface area contributed by atoms with Gasteiger partial charge in [0.2, 0.25) is 0 Å². The quantitative estimate of drug-likeness (QED) is 0.729. The molecule has 0 radical (unpaired) electrons. The van der Waals surface area contributed by atoms with E-state index in [1.807, 2.05) is 0 Å². The molecule has 25 heavy (non-hydrogen) atoms. The number of rotatable bonds is 5. The number of benzene rings is 2. The number of aromatic nitrogens is 2. The maximum atomic E-state index is 12.6. The highest BCUT2D eigenvalue weighted by Crippen LogP contribution is 2.26. The number of anilines is 1. The molecule has 4 rings (SSSR count). The molecule has 1 aliphatic carbocycles. The van der Waals surface area contributed by atoms with Gasteiger partial charge in [0.1, 0.15) is 5.75 Å². The Bertz CT molecular complexity index is 974. The molecular weight excluding hydrogens is 338 g/mol. The minimum Gasteiger partial charge on any atom is -0.490 e. The van der Waals surface area contributed by atoms with Crippen LogP contribution in [0.15, 0.2) is 53.6 Å². The Balaban J connectivity index is 1.50. The van der Waals surface area contributed by atoms with E-state index < -0.39 is 10.0 Å². The Kier molecular flexibility index (Phi) is 4.09. The minimum atomic E-state index is -3.65. The first-order chi connectivity index (χ1) is 12.1. The zero-order valence-corrected chi connectivity index (χ0v) is 14.4. The second kappa shape index (κ2) is 6.40. The molecule has 0 amide bonds. The van der Waals surface area contributed by atoms with Crippen molar-refractivity contribution < 1.29 is 13.2 Å². The van der Waals surface area contributed by atoms with Crippen LogP contribution in [0.1, 0.15) is 25.7 Å². The predicted octanol–water partition coefficient (Wildman–Crippen LogP) is 3.69. The van der Waals surface area contributed by atoms with Crippen molar-refractivity contribution in [1.29, 1.82) is 0 Å². The van der Waals surface area contributed by atoms with Crippen LogP contribution < -0.4 is 9.46 Å². The van der Waals surface area contributed by atoms with Gasteiger partial charge < -0.3 is 4.74 Å². The second-order valence-electron chi connectivity index (χ2n) is 6.27. The number of hydrogen-bond donors (Lipinski definition) is 2. The van der Waals surface area contributed by atoms with Gasteiger partial charge in [-0.2, -0.15) is 5.10 Å². The summed E-state index contributed by atoms with van der Waals surface area (Å²) in [4.78, 5) is 0.207. The van der Waals surface area contributed by atoms with Crippen molar-refractivity contribution in [3.63, 3.8) is 0 Å². The molecule has 0 bridgehead atoms. The summed E-state index contributed by atoms with van der Waals surface area (Å²) >= 11 is 0. The fraction of sp³-hybridized carbons (Fsp3) is 0.278. The molecule has 7 heteroatoms. The third-order valence-electron chi connectivity index (χ3n) is 4.43. The number of ether oxygens (including phenoxy) is 1. The van der Waals surface area contributed by atoms with E-state index in [1.165, 1.54) is 12.8 Å². The van der Waals surface area contributed by atoms with E-state index in [4.69, 9.17) is 4.74 Å². The molecule has 1 aromatic heterocycles. The second-order valence-corrected chi connectivity index (χ2v) is 7.96. The third kappa shape index (κ3) is 3.46. The maximum Gasteiger partial charge on any atom is 0.261 e. The lowest BCUT2D eigenvalue weighted by atomic mass is 10.2. The van der Waals surface area contributed by atoms with E-state index in [0.717, 1.165) is 23.7 Å². The summed E-state index contributed by atoms with van der Waals surface area (Å²) in [5, 5.41) is 7.62. The first-order valence-corrected chi connectivity index (χ1v) is 9.81. The van der Waals surface area contributed by atoms with Crippen LogP contribution in [0.5, 0.6) is 5.75 Å². The van der Waals surface area contributed by atoms with E-state index in [2.05, 4.69) is 14.9 Å². The molecule has 0 saturated heterocycles. The zero-order valence-electron chi connectivity index (χ0n) is 13.6. The number of fused-ring (bicyclic) bond motifs is 1. The van der Waals surface area contributed by atoms with E-state index in [1.54, 1.807) is 48.7 Å². The molecule has 0 unspecified atom stereocenters. The monoisotopic (exact) mass is 357 g/mol. The molecule has 0 spiro atoms. The lowest BCUT2D eigenvalue weighted by Gasteiger charge is -2.13.